The maximum Gasteiger partial charge on any atom is 0.183 e. The molecule has 6 heterocycles. The van der Waals surface area contributed by atoms with E-state index < -0.39 is 5.72 Å². The monoisotopic (exact) mass is 420 g/mol. The van der Waals surface area contributed by atoms with Crippen molar-refractivity contribution in [1.29, 1.82) is 0 Å². The zero-order valence-corrected chi connectivity index (χ0v) is 18.6. The highest BCUT2D eigenvalue weighted by Crippen LogP contribution is 2.53. The van der Waals surface area contributed by atoms with Crippen molar-refractivity contribution < 1.29 is 14.2 Å². The first-order valence-electron chi connectivity index (χ1n) is 12.8. The Bertz CT molecular complexity index is 563. The van der Waals surface area contributed by atoms with Gasteiger partial charge in [0.25, 0.3) is 0 Å². The molecule has 0 aliphatic carbocycles. The Balaban J connectivity index is 1.52. The lowest BCUT2D eigenvalue weighted by Crippen LogP contribution is -2.90. The summed E-state index contributed by atoms with van der Waals surface area (Å²) >= 11 is 0. The number of hydrazine groups is 1. The number of piperidine rings is 1. The van der Waals surface area contributed by atoms with E-state index in [0.29, 0.717) is 0 Å². The molecule has 0 radical (unpaired) electrons. The third-order valence-corrected chi connectivity index (χ3v) is 8.65. The van der Waals surface area contributed by atoms with Crippen LogP contribution in [0.3, 0.4) is 0 Å². The van der Waals surface area contributed by atoms with Gasteiger partial charge < -0.3 is 14.2 Å². The standard InChI is InChI=1S/C23H40N4O3/c1-2-14-26(15-3-1)27-16-19-30-23(21-9-18-29-21,25-12-7-13-25)22(27,20-8-6-17-28-20)24-10-4-5-11-24/h20-21H,1-19H2. The van der Waals surface area contributed by atoms with E-state index in [2.05, 4.69) is 19.8 Å². The second kappa shape index (κ2) is 8.25. The van der Waals surface area contributed by atoms with Crippen molar-refractivity contribution in [3.05, 3.63) is 0 Å². The molecule has 0 aromatic rings. The van der Waals surface area contributed by atoms with Gasteiger partial charge in [-0.25, -0.2) is 10.0 Å². The summed E-state index contributed by atoms with van der Waals surface area (Å²) in [5, 5.41) is 5.47. The molecule has 6 saturated heterocycles. The van der Waals surface area contributed by atoms with Crippen LogP contribution in [0.1, 0.15) is 57.8 Å². The highest BCUT2D eigenvalue weighted by molar-refractivity contribution is 5.19. The summed E-state index contributed by atoms with van der Waals surface area (Å²) in [6.07, 6.45) is 11.5. The third kappa shape index (κ3) is 2.82. The fourth-order valence-corrected chi connectivity index (χ4v) is 7.22. The predicted octanol–water partition coefficient (Wildman–Crippen LogP) is 1.88. The first kappa shape index (κ1) is 20.3. The zero-order valence-electron chi connectivity index (χ0n) is 18.6. The van der Waals surface area contributed by atoms with Crippen LogP contribution >= 0.6 is 0 Å². The molecule has 6 aliphatic heterocycles. The molecule has 6 aliphatic rings. The van der Waals surface area contributed by atoms with Gasteiger partial charge in [-0.2, -0.15) is 0 Å². The van der Waals surface area contributed by atoms with Crippen molar-refractivity contribution in [1.82, 2.24) is 19.8 Å². The van der Waals surface area contributed by atoms with Gasteiger partial charge in [0.2, 0.25) is 0 Å². The van der Waals surface area contributed by atoms with Crippen LogP contribution in [-0.2, 0) is 14.2 Å². The number of hydrogen-bond donors (Lipinski definition) is 0. The van der Waals surface area contributed by atoms with E-state index in [0.717, 1.165) is 71.8 Å². The smallest absolute Gasteiger partial charge is 0.183 e. The molecule has 0 spiro atoms. The number of nitrogens with zero attached hydrogens (tertiary/aromatic N) is 4. The first-order valence-corrected chi connectivity index (χ1v) is 12.8. The van der Waals surface area contributed by atoms with Gasteiger partial charge in [-0.1, -0.05) is 6.42 Å². The van der Waals surface area contributed by atoms with Crippen LogP contribution in [0.25, 0.3) is 0 Å². The number of morpholine rings is 1. The molecule has 7 heteroatoms. The van der Waals surface area contributed by atoms with Crippen LogP contribution in [0, 0.1) is 0 Å². The van der Waals surface area contributed by atoms with E-state index in [9.17, 15) is 0 Å². The van der Waals surface area contributed by atoms with Crippen LogP contribution in [-0.4, -0.2) is 109 Å². The molecule has 7 nitrogen and oxygen atoms in total. The van der Waals surface area contributed by atoms with Crippen LogP contribution in [0.2, 0.25) is 0 Å². The Hall–Kier alpha value is -0.280. The number of likely N-dealkylation sites (tertiary alicyclic amines) is 2. The Morgan fingerprint density at radius 1 is 0.567 bits per heavy atom. The van der Waals surface area contributed by atoms with Gasteiger partial charge in [0, 0.05) is 65.4 Å². The molecule has 0 bridgehead atoms. The summed E-state index contributed by atoms with van der Waals surface area (Å²) in [6.45, 7) is 10.4. The van der Waals surface area contributed by atoms with Gasteiger partial charge in [0.05, 0.1) is 12.7 Å². The van der Waals surface area contributed by atoms with E-state index in [1.165, 1.54) is 51.6 Å². The summed E-state index contributed by atoms with van der Waals surface area (Å²) in [7, 11) is 0. The van der Waals surface area contributed by atoms with Crippen molar-refractivity contribution in [2.45, 2.75) is 81.4 Å². The lowest BCUT2D eigenvalue weighted by atomic mass is 9.76. The average molecular weight is 421 g/mol. The summed E-state index contributed by atoms with van der Waals surface area (Å²) in [5.74, 6) is 0. The molecule has 4 atom stereocenters. The van der Waals surface area contributed by atoms with Gasteiger partial charge in [0.1, 0.15) is 6.10 Å². The van der Waals surface area contributed by atoms with Crippen molar-refractivity contribution in [3.8, 4) is 0 Å². The topological polar surface area (TPSA) is 40.6 Å². The fraction of sp³-hybridized carbons (Fsp3) is 1.00. The summed E-state index contributed by atoms with van der Waals surface area (Å²) in [5.41, 5.74) is -0.695. The predicted molar refractivity (Wildman–Crippen MR) is 114 cm³/mol. The molecular formula is C23H40N4O3. The summed E-state index contributed by atoms with van der Waals surface area (Å²) in [6, 6.07) is 0. The first-order chi connectivity index (χ1) is 14.9. The highest BCUT2D eigenvalue weighted by Gasteiger charge is 2.73. The van der Waals surface area contributed by atoms with Crippen molar-refractivity contribution in [3.63, 3.8) is 0 Å². The minimum atomic E-state index is -0.418. The Kier molecular flexibility index (Phi) is 5.59. The van der Waals surface area contributed by atoms with Gasteiger partial charge in [-0.05, 0) is 44.9 Å². The van der Waals surface area contributed by atoms with E-state index >= 15 is 0 Å². The van der Waals surface area contributed by atoms with Gasteiger partial charge in [-0.15, -0.1) is 0 Å². The van der Waals surface area contributed by atoms with Crippen molar-refractivity contribution in [2.24, 2.45) is 0 Å². The van der Waals surface area contributed by atoms with Gasteiger partial charge >= 0.3 is 0 Å². The molecule has 0 aromatic heterocycles. The average Bonchev–Trinajstić information content (AvgIpc) is 3.40. The van der Waals surface area contributed by atoms with E-state index in [1.54, 1.807) is 0 Å². The third-order valence-electron chi connectivity index (χ3n) is 8.65. The zero-order chi connectivity index (χ0) is 20.0. The van der Waals surface area contributed by atoms with Crippen LogP contribution in [0.15, 0.2) is 0 Å². The lowest BCUT2D eigenvalue weighted by molar-refractivity contribution is -0.414. The second-order valence-electron chi connectivity index (χ2n) is 10.1. The number of ether oxygens (including phenoxy) is 3. The molecule has 0 N–H and O–H groups in total. The molecule has 6 fully saturated rings. The number of rotatable bonds is 5. The Morgan fingerprint density at radius 2 is 1.27 bits per heavy atom. The number of hydrogen-bond acceptors (Lipinski definition) is 7. The molecule has 30 heavy (non-hydrogen) atoms. The molecule has 0 amide bonds. The lowest BCUT2D eigenvalue weighted by Gasteiger charge is -2.71. The summed E-state index contributed by atoms with van der Waals surface area (Å²) in [4.78, 5) is 5.43. The van der Waals surface area contributed by atoms with Crippen LogP contribution < -0.4 is 0 Å². The molecule has 0 aromatic carbocycles. The molecule has 0 saturated carbocycles. The van der Waals surface area contributed by atoms with Gasteiger partial charge in [-0.3, -0.25) is 9.80 Å². The minimum absolute atomic E-state index is 0.148. The van der Waals surface area contributed by atoms with E-state index in [4.69, 9.17) is 14.2 Å². The fourth-order valence-electron chi connectivity index (χ4n) is 7.22. The normalized spacial score (nSPS) is 44.8. The summed E-state index contributed by atoms with van der Waals surface area (Å²) < 4.78 is 20.0. The Labute approximate surface area is 181 Å². The molecule has 170 valence electrons. The van der Waals surface area contributed by atoms with Crippen LogP contribution in [0.4, 0.5) is 0 Å². The highest BCUT2D eigenvalue weighted by atomic mass is 16.6. The molecular weight excluding hydrogens is 380 g/mol. The largest absolute Gasteiger partial charge is 0.375 e. The van der Waals surface area contributed by atoms with Crippen molar-refractivity contribution in [2.75, 3.05) is 65.6 Å². The van der Waals surface area contributed by atoms with Crippen LogP contribution in [0.5, 0.6) is 0 Å². The van der Waals surface area contributed by atoms with Gasteiger partial charge in [0.15, 0.2) is 11.4 Å². The maximum absolute atomic E-state index is 7.05. The molecule has 6 rings (SSSR count). The maximum atomic E-state index is 7.05. The minimum Gasteiger partial charge on any atom is -0.375 e. The van der Waals surface area contributed by atoms with E-state index in [-0.39, 0.29) is 17.9 Å². The second-order valence-corrected chi connectivity index (χ2v) is 10.1. The quantitative estimate of drug-likeness (QED) is 0.673. The molecule has 4 unspecified atom stereocenters. The van der Waals surface area contributed by atoms with Crippen molar-refractivity contribution >= 4 is 0 Å². The Morgan fingerprint density at radius 3 is 1.87 bits per heavy atom. The van der Waals surface area contributed by atoms with E-state index in [1.807, 2.05) is 0 Å². The SMILES string of the molecule is C1CCN(N2CCOC(C3CCO3)(N3CCC3)C2(C2CCCO2)N2CCCC2)CC1.